The molecule has 1 aliphatic heterocycles. The third-order valence-electron chi connectivity index (χ3n) is 4.89. The second kappa shape index (κ2) is 11.5. The van der Waals surface area contributed by atoms with E-state index < -0.39 is 0 Å². The molecule has 1 aromatic heterocycles. The van der Waals surface area contributed by atoms with E-state index in [0.717, 1.165) is 51.2 Å². The summed E-state index contributed by atoms with van der Waals surface area (Å²) < 4.78 is 5.72. The van der Waals surface area contributed by atoms with Gasteiger partial charge in [0.1, 0.15) is 0 Å². The number of ether oxygens (including phenoxy) is 1. The van der Waals surface area contributed by atoms with Gasteiger partial charge in [0.05, 0.1) is 25.3 Å². The van der Waals surface area contributed by atoms with Crippen molar-refractivity contribution in [2.75, 3.05) is 39.3 Å². The number of thiophene rings is 1. The van der Waals surface area contributed by atoms with Crippen molar-refractivity contribution in [3.05, 3.63) is 22.4 Å². The third-order valence-corrected chi connectivity index (χ3v) is 5.87. The van der Waals surface area contributed by atoms with E-state index in [1.54, 1.807) is 0 Å². The van der Waals surface area contributed by atoms with Gasteiger partial charge in [-0.1, -0.05) is 18.9 Å². The van der Waals surface area contributed by atoms with Gasteiger partial charge in [-0.15, -0.1) is 35.3 Å². The Morgan fingerprint density at radius 1 is 1.42 bits per heavy atom. The van der Waals surface area contributed by atoms with Crippen LogP contribution >= 0.6 is 35.3 Å². The molecular formula is C19H33IN4OS. The molecule has 1 aromatic rings. The van der Waals surface area contributed by atoms with Crippen LogP contribution in [-0.4, -0.2) is 56.3 Å². The molecule has 7 heteroatoms. The Hall–Kier alpha value is -0.380. The van der Waals surface area contributed by atoms with Crippen LogP contribution in [0.15, 0.2) is 22.5 Å². The first-order valence-electron chi connectivity index (χ1n) is 9.67. The maximum atomic E-state index is 5.72. The average molecular weight is 492 g/mol. The Bertz CT molecular complexity index is 536. The SMILES string of the molecule is CCNC(=NCC(c1cccs1)N1CCOC(C)C1)NCCC1CC1.I. The Morgan fingerprint density at radius 3 is 2.92 bits per heavy atom. The topological polar surface area (TPSA) is 48.9 Å². The minimum absolute atomic E-state index is 0. The summed E-state index contributed by atoms with van der Waals surface area (Å²) in [7, 11) is 0. The number of hydrogen-bond acceptors (Lipinski definition) is 4. The van der Waals surface area contributed by atoms with Crippen LogP contribution in [-0.2, 0) is 4.74 Å². The lowest BCUT2D eigenvalue weighted by Gasteiger charge is -2.36. The molecule has 2 atom stereocenters. The van der Waals surface area contributed by atoms with E-state index in [1.807, 2.05) is 11.3 Å². The number of rotatable bonds is 8. The number of hydrogen-bond donors (Lipinski definition) is 2. The minimum Gasteiger partial charge on any atom is -0.376 e. The molecule has 0 bridgehead atoms. The predicted octanol–water partition coefficient (Wildman–Crippen LogP) is 3.48. The van der Waals surface area contributed by atoms with E-state index in [-0.39, 0.29) is 24.0 Å². The van der Waals surface area contributed by atoms with Gasteiger partial charge in [-0.2, -0.15) is 0 Å². The van der Waals surface area contributed by atoms with Crippen LogP contribution in [0, 0.1) is 5.92 Å². The van der Waals surface area contributed by atoms with E-state index in [4.69, 9.17) is 9.73 Å². The average Bonchev–Trinajstić information content (AvgIpc) is 3.27. The van der Waals surface area contributed by atoms with Crippen LogP contribution in [0.3, 0.4) is 0 Å². The molecule has 1 saturated heterocycles. The fraction of sp³-hybridized carbons (Fsp3) is 0.737. The number of aliphatic imine (C=N–C) groups is 1. The zero-order valence-electron chi connectivity index (χ0n) is 15.9. The van der Waals surface area contributed by atoms with Crippen molar-refractivity contribution in [1.29, 1.82) is 0 Å². The predicted molar refractivity (Wildman–Crippen MR) is 121 cm³/mol. The summed E-state index contributed by atoms with van der Waals surface area (Å²) in [4.78, 5) is 8.83. The zero-order valence-corrected chi connectivity index (χ0v) is 19.1. The molecule has 0 amide bonds. The van der Waals surface area contributed by atoms with E-state index >= 15 is 0 Å². The zero-order chi connectivity index (χ0) is 17.5. The van der Waals surface area contributed by atoms with E-state index in [0.29, 0.717) is 12.1 Å². The van der Waals surface area contributed by atoms with Crippen LogP contribution in [0.4, 0.5) is 0 Å². The van der Waals surface area contributed by atoms with Crippen LogP contribution in [0.2, 0.25) is 0 Å². The molecule has 2 fully saturated rings. The van der Waals surface area contributed by atoms with Gasteiger partial charge in [0.2, 0.25) is 0 Å². The normalized spacial score (nSPS) is 22.5. The molecule has 26 heavy (non-hydrogen) atoms. The van der Waals surface area contributed by atoms with E-state index in [1.165, 1.54) is 24.1 Å². The van der Waals surface area contributed by atoms with Gasteiger partial charge in [0.15, 0.2) is 5.96 Å². The number of halogens is 1. The molecule has 0 spiro atoms. The molecule has 0 radical (unpaired) electrons. The molecule has 148 valence electrons. The summed E-state index contributed by atoms with van der Waals surface area (Å²) in [6.07, 6.45) is 4.38. The molecule has 2 heterocycles. The summed E-state index contributed by atoms with van der Waals surface area (Å²) in [5, 5.41) is 9.05. The Kier molecular flexibility index (Phi) is 9.66. The largest absolute Gasteiger partial charge is 0.376 e. The second-order valence-corrected chi connectivity index (χ2v) is 8.07. The Labute approximate surface area is 179 Å². The van der Waals surface area contributed by atoms with E-state index in [2.05, 4.69) is 46.9 Å². The minimum atomic E-state index is 0. The van der Waals surface area contributed by atoms with E-state index in [9.17, 15) is 0 Å². The van der Waals surface area contributed by atoms with Crippen LogP contribution in [0.25, 0.3) is 0 Å². The van der Waals surface area contributed by atoms with Crippen molar-refractivity contribution < 1.29 is 4.74 Å². The number of nitrogens with one attached hydrogen (secondary N) is 2. The molecular weight excluding hydrogens is 459 g/mol. The first-order valence-corrected chi connectivity index (χ1v) is 10.6. The summed E-state index contributed by atoms with van der Waals surface area (Å²) in [5.74, 6) is 1.90. The lowest BCUT2D eigenvalue weighted by Crippen LogP contribution is -2.44. The summed E-state index contributed by atoms with van der Waals surface area (Å²) in [6.45, 7) is 9.75. The standard InChI is InChI=1S/C19H32N4OS.HI/c1-3-20-19(21-9-8-16-6-7-16)22-13-17(18-5-4-12-25-18)23-10-11-24-15(2)14-23;/h4-5,12,15-17H,3,6-11,13-14H2,1-2H3,(H2,20,21,22);1H. The highest BCUT2D eigenvalue weighted by Crippen LogP contribution is 2.31. The first kappa shape index (κ1) is 21.9. The van der Waals surface area contributed by atoms with Gasteiger partial charge in [-0.3, -0.25) is 9.89 Å². The Morgan fingerprint density at radius 2 is 2.27 bits per heavy atom. The number of guanidine groups is 1. The van der Waals surface area contributed by atoms with Gasteiger partial charge >= 0.3 is 0 Å². The summed E-state index contributed by atoms with van der Waals surface area (Å²) in [5.41, 5.74) is 0. The summed E-state index contributed by atoms with van der Waals surface area (Å²) in [6, 6.07) is 4.71. The van der Waals surface area contributed by atoms with Gasteiger partial charge < -0.3 is 15.4 Å². The van der Waals surface area contributed by atoms with Crippen molar-refractivity contribution >= 4 is 41.3 Å². The summed E-state index contributed by atoms with van der Waals surface area (Å²) >= 11 is 1.83. The van der Waals surface area contributed by atoms with Gasteiger partial charge in [0, 0.05) is 31.1 Å². The fourth-order valence-electron chi connectivity index (χ4n) is 3.32. The maximum absolute atomic E-state index is 5.72. The van der Waals surface area contributed by atoms with Gasteiger partial charge in [-0.05, 0) is 37.6 Å². The first-order chi connectivity index (χ1) is 12.3. The second-order valence-electron chi connectivity index (χ2n) is 7.09. The lowest BCUT2D eigenvalue weighted by atomic mass is 10.1. The highest BCUT2D eigenvalue weighted by Gasteiger charge is 2.26. The molecule has 2 N–H and O–H groups in total. The van der Waals surface area contributed by atoms with Crippen molar-refractivity contribution in [1.82, 2.24) is 15.5 Å². The van der Waals surface area contributed by atoms with Crippen molar-refractivity contribution in [2.45, 2.75) is 45.3 Å². The molecule has 2 aliphatic rings. The molecule has 3 rings (SSSR count). The molecule has 1 saturated carbocycles. The van der Waals surface area contributed by atoms with Crippen molar-refractivity contribution in [2.24, 2.45) is 10.9 Å². The third kappa shape index (κ3) is 6.98. The smallest absolute Gasteiger partial charge is 0.191 e. The van der Waals surface area contributed by atoms with Crippen LogP contribution < -0.4 is 10.6 Å². The quantitative estimate of drug-likeness (QED) is 0.332. The van der Waals surface area contributed by atoms with Crippen LogP contribution in [0.5, 0.6) is 0 Å². The number of morpholine rings is 1. The highest BCUT2D eigenvalue weighted by atomic mass is 127. The number of nitrogens with zero attached hydrogens (tertiary/aromatic N) is 2. The molecule has 0 aromatic carbocycles. The fourth-order valence-corrected chi connectivity index (χ4v) is 4.17. The monoisotopic (exact) mass is 492 g/mol. The van der Waals surface area contributed by atoms with Gasteiger partial charge in [0.25, 0.3) is 0 Å². The lowest BCUT2D eigenvalue weighted by molar-refractivity contribution is -0.0327. The molecule has 1 aliphatic carbocycles. The highest BCUT2D eigenvalue weighted by molar-refractivity contribution is 14.0. The van der Waals surface area contributed by atoms with Crippen molar-refractivity contribution in [3.8, 4) is 0 Å². The molecule has 2 unspecified atom stereocenters. The van der Waals surface area contributed by atoms with Crippen molar-refractivity contribution in [3.63, 3.8) is 0 Å². The van der Waals surface area contributed by atoms with Gasteiger partial charge in [-0.25, -0.2) is 0 Å². The maximum Gasteiger partial charge on any atom is 0.191 e. The Balaban J connectivity index is 0.00000243. The van der Waals surface area contributed by atoms with Crippen LogP contribution in [0.1, 0.15) is 44.0 Å². The molecule has 5 nitrogen and oxygen atoms in total.